The maximum Gasteiger partial charge on any atom is 0.0951 e. The summed E-state index contributed by atoms with van der Waals surface area (Å²) in [6, 6.07) is 18.5. The lowest BCUT2D eigenvalue weighted by molar-refractivity contribution is 0.696. The molecule has 1 atom stereocenters. The van der Waals surface area contributed by atoms with Crippen molar-refractivity contribution in [2.75, 3.05) is 0 Å². The van der Waals surface area contributed by atoms with E-state index in [9.17, 15) is 0 Å². The number of benzene rings is 2. The molecule has 2 aromatic carbocycles. The van der Waals surface area contributed by atoms with Crippen LogP contribution in [-0.4, -0.2) is 9.55 Å². The van der Waals surface area contributed by atoms with Crippen molar-refractivity contribution < 1.29 is 0 Å². The quantitative estimate of drug-likeness (QED) is 0.795. The molecule has 0 fully saturated rings. The minimum Gasteiger partial charge on any atom is -0.328 e. The molecule has 3 aromatic rings. The van der Waals surface area contributed by atoms with E-state index in [0.717, 1.165) is 17.8 Å². The van der Waals surface area contributed by atoms with Gasteiger partial charge in [-0.2, -0.15) is 0 Å². The zero-order chi connectivity index (χ0) is 14.7. The van der Waals surface area contributed by atoms with E-state index in [1.807, 2.05) is 42.9 Å². The summed E-state index contributed by atoms with van der Waals surface area (Å²) in [5.74, 6) is 0. The van der Waals surface area contributed by atoms with Crippen LogP contribution in [0.25, 0.3) is 0 Å². The molecule has 0 radical (unpaired) electrons. The molecule has 106 valence electrons. The van der Waals surface area contributed by atoms with E-state index < -0.39 is 0 Å². The third-order valence-electron chi connectivity index (χ3n) is 3.70. The van der Waals surface area contributed by atoms with E-state index in [2.05, 4.69) is 40.7 Å². The van der Waals surface area contributed by atoms with Crippen LogP contribution in [0.4, 0.5) is 0 Å². The molecule has 0 aliphatic heterocycles. The molecule has 1 unspecified atom stereocenters. The summed E-state index contributed by atoms with van der Waals surface area (Å²) in [6.07, 6.45) is 3.70. The van der Waals surface area contributed by atoms with Gasteiger partial charge in [-0.15, -0.1) is 0 Å². The highest BCUT2D eigenvalue weighted by molar-refractivity contribution is 5.28. The SMILES string of the molecule is Cc1ccc(Cn2cncc2C(N)c2ccccc2)cc1. The first kappa shape index (κ1) is 13.6. The molecular formula is C18H19N3. The second-order valence-corrected chi connectivity index (χ2v) is 5.32. The van der Waals surface area contributed by atoms with Crippen molar-refractivity contribution >= 4 is 0 Å². The topological polar surface area (TPSA) is 43.8 Å². The van der Waals surface area contributed by atoms with Crippen LogP contribution in [0.1, 0.15) is 28.4 Å². The van der Waals surface area contributed by atoms with E-state index in [1.165, 1.54) is 11.1 Å². The van der Waals surface area contributed by atoms with Crippen molar-refractivity contribution in [3.8, 4) is 0 Å². The van der Waals surface area contributed by atoms with Crippen LogP contribution >= 0.6 is 0 Å². The molecule has 21 heavy (non-hydrogen) atoms. The number of nitrogens with zero attached hydrogens (tertiary/aromatic N) is 2. The lowest BCUT2D eigenvalue weighted by Crippen LogP contribution is -2.16. The average molecular weight is 277 g/mol. The number of aryl methyl sites for hydroxylation is 1. The van der Waals surface area contributed by atoms with Gasteiger partial charge in [0.05, 0.1) is 24.3 Å². The van der Waals surface area contributed by atoms with Crippen molar-refractivity contribution in [3.63, 3.8) is 0 Å². The predicted octanol–water partition coefficient (Wildman–Crippen LogP) is 3.29. The van der Waals surface area contributed by atoms with Crippen LogP contribution in [0.15, 0.2) is 67.1 Å². The van der Waals surface area contributed by atoms with Gasteiger partial charge in [0.15, 0.2) is 0 Å². The Balaban J connectivity index is 1.85. The summed E-state index contributed by atoms with van der Waals surface area (Å²) >= 11 is 0. The summed E-state index contributed by atoms with van der Waals surface area (Å²) in [5.41, 5.74) is 11.0. The molecule has 0 amide bonds. The Kier molecular flexibility index (Phi) is 3.84. The molecule has 0 aliphatic rings. The lowest BCUT2D eigenvalue weighted by atomic mass is 10.1. The Morgan fingerprint density at radius 3 is 2.48 bits per heavy atom. The van der Waals surface area contributed by atoms with Crippen molar-refractivity contribution in [2.45, 2.75) is 19.5 Å². The van der Waals surface area contributed by atoms with E-state index >= 15 is 0 Å². The van der Waals surface area contributed by atoms with Gasteiger partial charge in [0.25, 0.3) is 0 Å². The van der Waals surface area contributed by atoms with Gasteiger partial charge >= 0.3 is 0 Å². The standard InChI is InChI=1S/C18H19N3/c1-14-7-9-15(10-8-14)12-21-13-20-11-17(21)18(19)16-5-3-2-4-6-16/h2-11,13,18H,12,19H2,1H3. The zero-order valence-corrected chi connectivity index (χ0v) is 12.1. The predicted molar refractivity (Wildman–Crippen MR) is 85.0 cm³/mol. The number of hydrogen-bond donors (Lipinski definition) is 1. The zero-order valence-electron chi connectivity index (χ0n) is 12.1. The van der Waals surface area contributed by atoms with Gasteiger partial charge in [0.2, 0.25) is 0 Å². The summed E-state index contributed by atoms with van der Waals surface area (Å²) in [6.45, 7) is 2.88. The monoisotopic (exact) mass is 277 g/mol. The molecule has 0 spiro atoms. The molecule has 0 saturated heterocycles. The average Bonchev–Trinajstić information content (AvgIpc) is 2.98. The Bertz CT molecular complexity index is 699. The van der Waals surface area contributed by atoms with E-state index in [4.69, 9.17) is 5.73 Å². The van der Waals surface area contributed by atoms with Gasteiger partial charge in [-0.1, -0.05) is 60.2 Å². The molecule has 1 heterocycles. The third-order valence-corrected chi connectivity index (χ3v) is 3.70. The molecule has 3 nitrogen and oxygen atoms in total. The fourth-order valence-electron chi connectivity index (χ4n) is 2.44. The van der Waals surface area contributed by atoms with Crippen LogP contribution < -0.4 is 5.73 Å². The van der Waals surface area contributed by atoms with Crippen LogP contribution in [-0.2, 0) is 6.54 Å². The number of rotatable bonds is 4. The van der Waals surface area contributed by atoms with E-state index in [1.54, 1.807) is 0 Å². The van der Waals surface area contributed by atoms with Gasteiger partial charge in [-0.3, -0.25) is 0 Å². The van der Waals surface area contributed by atoms with Gasteiger partial charge < -0.3 is 10.3 Å². The molecular weight excluding hydrogens is 258 g/mol. The van der Waals surface area contributed by atoms with Crippen LogP contribution in [0.5, 0.6) is 0 Å². The smallest absolute Gasteiger partial charge is 0.0951 e. The van der Waals surface area contributed by atoms with Crippen molar-refractivity contribution in [3.05, 3.63) is 89.5 Å². The van der Waals surface area contributed by atoms with Crippen molar-refractivity contribution in [1.29, 1.82) is 0 Å². The molecule has 3 rings (SSSR count). The Labute approximate surface area is 125 Å². The van der Waals surface area contributed by atoms with Gasteiger partial charge in [0.1, 0.15) is 0 Å². The van der Waals surface area contributed by atoms with Gasteiger partial charge in [0, 0.05) is 6.54 Å². The highest BCUT2D eigenvalue weighted by Gasteiger charge is 2.13. The summed E-state index contributed by atoms with van der Waals surface area (Å²) in [5, 5.41) is 0. The normalized spacial score (nSPS) is 12.3. The first-order valence-electron chi connectivity index (χ1n) is 7.10. The number of nitrogens with two attached hydrogens (primary N) is 1. The molecule has 2 N–H and O–H groups in total. The molecule has 0 bridgehead atoms. The number of aromatic nitrogens is 2. The first-order chi connectivity index (χ1) is 10.2. The van der Waals surface area contributed by atoms with Gasteiger partial charge in [-0.25, -0.2) is 4.98 Å². The van der Waals surface area contributed by atoms with Crippen LogP contribution in [0, 0.1) is 6.92 Å². The minimum atomic E-state index is -0.154. The Hall–Kier alpha value is -2.39. The second-order valence-electron chi connectivity index (χ2n) is 5.32. The van der Waals surface area contributed by atoms with Crippen molar-refractivity contribution in [2.24, 2.45) is 5.73 Å². The van der Waals surface area contributed by atoms with Crippen molar-refractivity contribution in [1.82, 2.24) is 9.55 Å². The molecule has 0 saturated carbocycles. The Morgan fingerprint density at radius 1 is 1.05 bits per heavy atom. The number of imidazole rings is 1. The maximum atomic E-state index is 6.38. The fourth-order valence-corrected chi connectivity index (χ4v) is 2.44. The second kappa shape index (κ2) is 5.94. The lowest BCUT2D eigenvalue weighted by Gasteiger charge is -2.15. The van der Waals surface area contributed by atoms with Crippen LogP contribution in [0.2, 0.25) is 0 Å². The maximum absolute atomic E-state index is 6.38. The van der Waals surface area contributed by atoms with E-state index in [-0.39, 0.29) is 6.04 Å². The summed E-state index contributed by atoms with van der Waals surface area (Å²) in [4.78, 5) is 4.27. The number of hydrogen-bond acceptors (Lipinski definition) is 2. The molecule has 1 aromatic heterocycles. The largest absolute Gasteiger partial charge is 0.328 e. The minimum absolute atomic E-state index is 0.154. The summed E-state index contributed by atoms with van der Waals surface area (Å²) in [7, 11) is 0. The highest BCUT2D eigenvalue weighted by atomic mass is 15.1. The third kappa shape index (κ3) is 3.03. The fraction of sp³-hybridized carbons (Fsp3) is 0.167. The van der Waals surface area contributed by atoms with Gasteiger partial charge in [-0.05, 0) is 18.1 Å². The first-order valence-corrected chi connectivity index (χ1v) is 7.10. The van der Waals surface area contributed by atoms with Crippen LogP contribution in [0.3, 0.4) is 0 Å². The molecule has 3 heteroatoms. The highest BCUT2D eigenvalue weighted by Crippen LogP contribution is 2.20. The van der Waals surface area contributed by atoms with E-state index in [0.29, 0.717) is 0 Å². The summed E-state index contributed by atoms with van der Waals surface area (Å²) < 4.78 is 2.11. The Morgan fingerprint density at radius 2 is 1.76 bits per heavy atom. The molecule has 0 aliphatic carbocycles.